The van der Waals surface area contributed by atoms with Gasteiger partial charge < -0.3 is 10.2 Å². The summed E-state index contributed by atoms with van der Waals surface area (Å²) in [5.41, 5.74) is -0.760. The van der Waals surface area contributed by atoms with Gasteiger partial charge in [0, 0.05) is 5.92 Å². The summed E-state index contributed by atoms with van der Waals surface area (Å²) in [5, 5.41) is 19.3. The molecule has 0 aromatic carbocycles. The maximum absolute atomic E-state index is 11.3. The van der Waals surface area contributed by atoms with E-state index in [0.29, 0.717) is 6.42 Å². The van der Waals surface area contributed by atoms with Crippen molar-refractivity contribution in [1.29, 1.82) is 0 Å². The fourth-order valence-electron chi connectivity index (χ4n) is 2.60. The average Bonchev–Trinajstić information content (AvgIpc) is 2.41. The zero-order valence-corrected chi connectivity index (χ0v) is 9.70. The zero-order chi connectivity index (χ0) is 11.5. The Hall–Kier alpha value is -0.570. The summed E-state index contributed by atoms with van der Waals surface area (Å²) in [6.07, 6.45) is 4.94. The predicted molar refractivity (Wildman–Crippen MR) is 58.6 cm³/mol. The van der Waals surface area contributed by atoms with Crippen LogP contribution in [0.1, 0.15) is 52.4 Å². The summed E-state index contributed by atoms with van der Waals surface area (Å²) in [6.45, 7) is 3.67. The number of aliphatic carboxylic acids is 1. The Morgan fingerprint density at radius 2 is 1.93 bits per heavy atom. The Labute approximate surface area is 91.5 Å². The highest BCUT2D eigenvalue weighted by molar-refractivity contribution is 5.74. The smallest absolute Gasteiger partial charge is 0.309 e. The molecule has 0 aromatic heterocycles. The Kier molecular flexibility index (Phi) is 4.14. The quantitative estimate of drug-likeness (QED) is 0.709. The van der Waals surface area contributed by atoms with Crippen molar-refractivity contribution < 1.29 is 15.0 Å². The van der Waals surface area contributed by atoms with Gasteiger partial charge in [-0.1, -0.05) is 26.2 Å². The lowest BCUT2D eigenvalue weighted by Crippen LogP contribution is -2.41. The zero-order valence-electron chi connectivity index (χ0n) is 9.70. The molecule has 1 saturated carbocycles. The summed E-state index contributed by atoms with van der Waals surface area (Å²) in [7, 11) is 0. The number of rotatable bonds is 3. The molecule has 3 unspecified atom stereocenters. The number of carbonyl (C=O) groups is 1. The molecule has 0 spiro atoms. The Bertz CT molecular complexity index is 227. The van der Waals surface area contributed by atoms with Crippen LogP contribution in [0.5, 0.6) is 0 Å². The molecule has 1 rings (SSSR count). The normalized spacial score (nSPS) is 31.7. The van der Waals surface area contributed by atoms with Crippen molar-refractivity contribution in [2.24, 2.45) is 11.3 Å². The molecule has 3 atom stereocenters. The van der Waals surface area contributed by atoms with Gasteiger partial charge in [-0.05, 0) is 26.2 Å². The van der Waals surface area contributed by atoms with E-state index in [1.807, 2.05) is 6.92 Å². The second-order valence-corrected chi connectivity index (χ2v) is 4.89. The molecular weight excluding hydrogens is 192 g/mol. The highest BCUT2D eigenvalue weighted by Crippen LogP contribution is 2.40. The SMILES string of the molecule is CCC(C)(C(=O)O)C1CCCCCC1O. The van der Waals surface area contributed by atoms with Crippen LogP contribution in [-0.4, -0.2) is 22.3 Å². The second-order valence-electron chi connectivity index (χ2n) is 4.89. The first-order chi connectivity index (χ1) is 7.02. The number of hydrogen-bond donors (Lipinski definition) is 2. The Morgan fingerprint density at radius 3 is 2.47 bits per heavy atom. The third-order valence-electron chi connectivity index (χ3n) is 4.02. The van der Waals surface area contributed by atoms with Crippen molar-refractivity contribution in [3.63, 3.8) is 0 Å². The molecule has 2 N–H and O–H groups in total. The lowest BCUT2D eigenvalue weighted by Gasteiger charge is -2.35. The van der Waals surface area contributed by atoms with Crippen LogP contribution in [0.2, 0.25) is 0 Å². The third-order valence-corrected chi connectivity index (χ3v) is 4.02. The fraction of sp³-hybridized carbons (Fsp3) is 0.917. The van der Waals surface area contributed by atoms with Gasteiger partial charge in [-0.3, -0.25) is 4.79 Å². The van der Waals surface area contributed by atoms with Crippen LogP contribution in [0, 0.1) is 11.3 Å². The van der Waals surface area contributed by atoms with E-state index >= 15 is 0 Å². The molecule has 3 nitrogen and oxygen atoms in total. The van der Waals surface area contributed by atoms with Crippen LogP contribution < -0.4 is 0 Å². The van der Waals surface area contributed by atoms with E-state index in [-0.39, 0.29) is 5.92 Å². The standard InChI is InChI=1S/C12H22O3/c1-3-12(2,11(14)15)9-7-5-4-6-8-10(9)13/h9-10,13H,3-8H2,1-2H3,(H,14,15). The minimum absolute atomic E-state index is 0.0810. The van der Waals surface area contributed by atoms with Gasteiger partial charge in [0.1, 0.15) is 0 Å². The highest BCUT2D eigenvalue weighted by atomic mass is 16.4. The minimum atomic E-state index is -0.768. The van der Waals surface area contributed by atoms with E-state index in [9.17, 15) is 15.0 Å². The van der Waals surface area contributed by atoms with E-state index in [1.165, 1.54) is 0 Å². The van der Waals surface area contributed by atoms with Crippen LogP contribution >= 0.6 is 0 Å². The number of hydrogen-bond acceptors (Lipinski definition) is 2. The lowest BCUT2D eigenvalue weighted by atomic mass is 9.70. The van der Waals surface area contributed by atoms with Crippen molar-refractivity contribution in [3.8, 4) is 0 Å². The number of aliphatic hydroxyl groups is 1. The molecule has 0 aliphatic heterocycles. The van der Waals surface area contributed by atoms with Crippen molar-refractivity contribution in [1.82, 2.24) is 0 Å². The Morgan fingerprint density at radius 1 is 1.33 bits per heavy atom. The summed E-state index contributed by atoms with van der Waals surface area (Å²) in [4.78, 5) is 11.3. The molecule has 0 bridgehead atoms. The molecule has 3 heteroatoms. The minimum Gasteiger partial charge on any atom is -0.481 e. The van der Waals surface area contributed by atoms with Gasteiger partial charge >= 0.3 is 5.97 Å². The monoisotopic (exact) mass is 214 g/mol. The Balaban J connectivity index is 2.85. The molecule has 1 aliphatic rings. The summed E-state index contributed by atoms with van der Waals surface area (Å²) < 4.78 is 0. The van der Waals surface area contributed by atoms with Gasteiger partial charge in [0.2, 0.25) is 0 Å². The molecule has 1 aliphatic carbocycles. The number of aliphatic hydroxyl groups excluding tert-OH is 1. The largest absolute Gasteiger partial charge is 0.481 e. The van der Waals surface area contributed by atoms with Crippen molar-refractivity contribution in [3.05, 3.63) is 0 Å². The van der Waals surface area contributed by atoms with E-state index in [4.69, 9.17) is 0 Å². The first-order valence-corrected chi connectivity index (χ1v) is 5.94. The highest BCUT2D eigenvalue weighted by Gasteiger charge is 2.43. The van der Waals surface area contributed by atoms with E-state index in [1.54, 1.807) is 6.92 Å². The lowest BCUT2D eigenvalue weighted by molar-refractivity contribution is -0.155. The number of carboxylic acid groups (broad SMARTS) is 1. The molecule has 88 valence electrons. The summed E-state index contributed by atoms with van der Waals surface area (Å²) >= 11 is 0. The van der Waals surface area contributed by atoms with Crippen LogP contribution in [0.25, 0.3) is 0 Å². The van der Waals surface area contributed by atoms with Gasteiger partial charge in [0.15, 0.2) is 0 Å². The van der Waals surface area contributed by atoms with Crippen molar-refractivity contribution >= 4 is 5.97 Å². The second kappa shape index (κ2) is 4.97. The van der Waals surface area contributed by atoms with Gasteiger partial charge in [0.25, 0.3) is 0 Å². The van der Waals surface area contributed by atoms with Gasteiger partial charge in [-0.2, -0.15) is 0 Å². The average molecular weight is 214 g/mol. The third kappa shape index (κ3) is 2.51. The van der Waals surface area contributed by atoms with Gasteiger partial charge in [0.05, 0.1) is 11.5 Å². The summed E-state index contributed by atoms with van der Waals surface area (Å²) in [5.74, 6) is -0.849. The molecular formula is C12H22O3. The molecule has 0 aromatic rings. The van der Waals surface area contributed by atoms with Crippen LogP contribution in [0.15, 0.2) is 0 Å². The fourth-order valence-corrected chi connectivity index (χ4v) is 2.60. The molecule has 0 heterocycles. The predicted octanol–water partition coefficient (Wildman–Crippen LogP) is 2.43. The van der Waals surface area contributed by atoms with Crippen LogP contribution in [-0.2, 0) is 4.79 Å². The maximum atomic E-state index is 11.3. The van der Waals surface area contributed by atoms with E-state index in [0.717, 1.165) is 32.1 Å². The van der Waals surface area contributed by atoms with Crippen molar-refractivity contribution in [2.45, 2.75) is 58.5 Å². The van der Waals surface area contributed by atoms with Crippen LogP contribution in [0.4, 0.5) is 0 Å². The molecule has 0 saturated heterocycles. The van der Waals surface area contributed by atoms with Gasteiger partial charge in [-0.15, -0.1) is 0 Å². The van der Waals surface area contributed by atoms with Crippen LogP contribution in [0.3, 0.4) is 0 Å². The first-order valence-electron chi connectivity index (χ1n) is 5.94. The van der Waals surface area contributed by atoms with E-state index < -0.39 is 17.5 Å². The van der Waals surface area contributed by atoms with E-state index in [2.05, 4.69) is 0 Å². The summed E-state index contributed by atoms with van der Waals surface area (Å²) in [6, 6.07) is 0. The molecule has 0 amide bonds. The number of carboxylic acids is 1. The topological polar surface area (TPSA) is 57.5 Å². The molecule has 0 radical (unpaired) electrons. The molecule has 15 heavy (non-hydrogen) atoms. The first kappa shape index (κ1) is 12.5. The van der Waals surface area contributed by atoms with Crippen molar-refractivity contribution in [2.75, 3.05) is 0 Å². The maximum Gasteiger partial charge on any atom is 0.309 e. The molecule has 1 fully saturated rings. The van der Waals surface area contributed by atoms with Gasteiger partial charge in [-0.25, -0.2) is 0 Å².